The maximum absolute atomic E-state index is 11.9. The van der Waals surface area contributed by atoms with E-state index in [-0.39, 0.29) is 5.78 Å². The Kier molecular flexibility index (Phi) is 4.95. The minimum Gasteiger partial charge on any atom is -0.497 e. The van der Waals surface area contributed by atoms with Gasteiger partial charge >= 0.3 is 0 Å². The van der Waals surface area contributed by atoms with Crippen molar-refractivity contribution in [2.45, 2.75) is 12.5 Å². The van der Waals surface area contributed by atoms with Crippen LogP contribution in [0.2, 0.25) is 0 Å². The minimum atomic E-state index is -0.521. The molecule has 16 heavy (non-hydrogen) atoms. The number of rotatable bonds is 6. The molecule has 0 saturated carbocycles. The Labute approximate surface area is 95.3 Å². The summed E-state index contributed by atoms with van der Waals surface area (Å²) in [5.74, 6) is 0.570. The van der Waals surface area contributed by atoms with Crippen LogP contribution in [0.5, 0.6) is 5.75 Å². The highest BCUT2D eigenvalue weighted by molar-refractivity contribution is 6.00. The van der Waals surface area contributed by atoms with Crippen molar-refractivity contribution < 1.29 is 14.3 Å². The summed E-state index contributed by atoms with van der Waals surface area (Å²) in [5.41, 5.74) is 6.33. The molecule has 88 valence electrons. The fourth-order valence-electron chi connectivity index (χ4n) is 1.37. The van der Waals surface area contributed by atoms with E-state index in [1.165, 1.54) is 0 Å². The Morgan fingerprint density at radius 2 is 2.19 bits per heavy atom. The van der Waals surface area contributed by atoms with Crippen molar-refractivity contribution in [3.63, 3.8) is 0 Å². The van der Waals surface area contributed by atoms with Gasteiger partial charge in [-0.05, 0) is 18.6 Å². The second-order valence-electron chi connectivity index (χ2n) is 3.48. The Morgan fingerprint density at radius 1 is 1.44 bits per heavy atom. The van der Waals surface area contributed by atoms with Gasteiger partial charge in [-0.25, -0.2) is 0 Å². The molecule has 0 heterocycles. The number of nitrogens with two attached hydrogens (primary N) is 1. The first-order valence-electron chi connectivity index (χ1n) is 5.12. The number of hydrogen-bond donors (Lipinski definition) is 1. The molecule has 1 rings (SSSR count). The zero-order chi connectivity index (χ0) is 12.0. The normalized spacial score (nSPS) is 12.2. The van der Waals surface area contributed by atoms with Crippen molar-refractivity contribution >= 4 is 5.78 Å². The van der Waals surface area contributed by atoms with Crippen LogP contribution in [-0.4, -0.2) is 32.7 Å². The predicted molar refractivity (Wildman–Crippen MR) is 61.8 cm³/mol. The predicted octanol–water partition coefficient (Wildman–Crippen LogP) is 1.24. The Hall–Kier alpha value is -1.39. The summed E-state index contributed by atoms with van der Waals surface area (Å²) in [7, 11) is 3.15. The highest BCUT2D eigenvalue weighted by atomic mass is 16.5. The third kappa shape index (κ3) is 3.32. The van der Waals surface area contributed by atoms with E-state index >= 15 is 0 Å². The molecular formula is C12H17NO3. The van der Waals surface area contributed by atoms with Crippen molar-refractivity contribution in [1.82, 2.24) is 0 Å². The molecule has 0 fully saturated rings. The molecule has 1 unspecified atom stereocenters. The summed E-state index contributed by atoms with van der Waals surface area (Å²) in [4.78, 5) is 11.9. The monoisotopic (exact) mass is 223 g/mol. The van der Waals surface area contributed by atoms with Gasteiger partial charge in [0, 0.05) is 19.3 Å². The number of ether oxygens (including phenoxy) is 2. The summed E-state index contributed by atoms with van der Waals surface area (Å²) in [6, 6.07) is 6.46. The smallest absolute Gasteiger partial charge is 0.179 e. The van der Waals surface area contributed by atoms with Gasteiger partial charge in [-0.3, -0.25) is 4.79 Å². The van der Waals surface area contributed by atoms with E-state index in [9.17, 15) is 4.79 Å². The van der Waals surface area contributed by atoms with Crippen LogP contribution < -0.4 is 10.5 Å². The Morgan fingerprint density at radius 3 is 2.81 bits per heavy atom. The first-order valence-corrected chi connectivity index (χ1v) is 5.12. The van der Waals surface area contributed by atoms with Gasteiger partial charge in [0.1, 0.15) is 5.75 Å². The quantitative estimate of drug-likeness (QED) is 0.737. The molecule has 0 radical (unpaired) electrons. The van der Waals surface area contributed by atoms with Gasteiger partial charge < -0.3 is 15.2 Å². The van der Waals surface area contributed by atoms with Crippen LogP contribution in [0.3, 0.4) is 0 Å². The molecule has 0 amide bonds. The lowest BCUT2D eigenvalue weighted by Crippen LogP contribution is -2.31. The largest absolute Gasteiger partial charge is 0.497 e. The zero-order valence-electron chi connectivity index (χ0n) is 9.60. The summed E-state index contributed by atoms with van der Waals surface area (Å²) in [6.45, 7) is 0.483. The number of ketones is 1. The highest BCUT2D eigenvalue weighted by Crippen LogP contribution is 2.14. The third-order valence-corrected chi connectivity index (χ3v) is 2.32. The highest BCUT2D eigenvalue weighted by Gasteiger charge is 2.15. The molecule has 2 N–H and O–H groups in total. The topological polar surface area (TPSA) is 61.5 Å². The molecule has 0 bridgehead atoms. The Bertz CT molecular complexity index is 352. The van der Waals surface area contributed by atoms with Gasteiger partial charge in [0.2, 0.25) is 0 Å². The number of benzene rings is 1. The number of Topliss-reactive ketones (excluding diaryl/α,β-unsaturated/α-hetero) is 1. The van der Waals surface area contributed by atoms with Gasteiger partial charge in [0.25, 0.3) is 0 Å². The van der Waals surface area contributed by atoms with Gasteiger partial charge in [-0.15, -0.1) is 0 Å². The van der Waals surface area contributed by atoms with Crippen molar-refractivity contribution in [2.24, 2.45) is 5.73 Å². The lowest BCUT2D eigenvalue weighted by molar-refractivity contribution is 0.0935. The molecule has 1 aromatic rings. The maximum Gasteiger partial charge on any atom is 0.179 e. The molecule has 0 aliphatic rings. The van der Waals surface area contributed by atoms with E-state index < -0.39 is 6.04 Å². The van der Waals surface area contributed by atoms with Crippen LogP contribution in [0, 0.1) is 0 Å². The first kappa shape index (κ1) is 12.7. The first-order chi connectivity index (χ1) is 7.69. The summed E-state index contributed by atoms with van der Waals surface area (Å²) in [5, 5.41) is 0. The Balaban J connectivity index is 2.71. The van der Waals surface area contributed by atoms with E-state index in [0.717, 1.165) is 0 Å². The average molecular weight is 223 g/mol. The van der Waals surface area contributed by atoms with Crippen molar-refractivity contribution in [3.05, 3.63) is 29.8 Å². The van der Waals surface area contributed by atoms with Crippen LogP contribution in [0.15, 0.2) is 24.3 Å². The SMILES string of the molecule is COCCC(N)C(=O)c1cccc(OC)c1. The summed E-state index contributed by atoms with van der Waals surface area (Å²) < 4.78 is 9.93. The van der Waals surface area contributed by atoms with E-state index in [0.29, 0.717) is 24.3 Å². The second kappa shape index (κ2) is 6.25. The molecule has 0 spiro atoms. The summed E-state index contributed by atoms with van der Waals surface area (Å²) >= 11 is 0. The average Bonchev–Trinajstić information content (AvgIpc) is 2.35. The third-order valence-electron chi connectivity index (χ3n) is 2.32. The number of hydrogen-bond acceptors (Lipinski definition) is 4. The molecule has 0 aliphatic carbocycles. The van der Waals surface area contributed by atoms with Gasteiger partial charge in [-0.2, -0.15) is 0 Å². The maximum atomic E-state index is 11.9. The zero-order valence-corrected chi connectivity index (χ0v) is 9.60. The van der Waals surface area contributed by atoms with Crippen LogP contribution in [0.1, 0.15) is 16.8 Å². The standard InChI is InChI=1S/C12H17NO3/c1-15-7-6-11(13)12(14)9-4-3-5-10(8-9)16-2/h3-5,8,11H,6-7,13H2,1-2H3. The van der Waals surface area contributed by atoms with E-state index in [1.807, 2.05) is 0 Å². The van der Waals surface area contributed by atoms with Crippen molar-refractivity contribution in [2.75, 3.05) is 20.8 Å². The van der Waals surface area contributed by atoms with Gasteiger partial charge in [0.15, 0.2) is 5.78 Å². The minimum absolute atomic E-state index is 0.0871. The van der Waals surface area contributed by atoms with Crippen molar-refractivity contribution in [3.8, 4) is 5.75 Å². The number of carbonyl (C=O) groups is 1. The van der Waals surface area contributed by atoms with Crippen LogP contribution in [-0.2, 0) is 4.74 Å². The van der Waals surface area contributed by atoms with Gasteiger partial charge in [-0.1, -0.05) is 12.1 Å². The van der Waals surface area contributed by atoms with Crippen LogP contribution >= 0.6 is 0 Å². The van der Waals surface area contributed by atoms with Crippen LogP contribution in [0.4, 0.5) is 0 Å². The van der Waals surface area contributed by atoms with Crippen molar-refractivity contribution in [1.29, 1.82) is 0 Å². The summed E-state index contributed by atoms with van der Waals surface area (Å²) in [6.07, 6.45) is 0.520. The molecule has 0 aliphatic heterocycles. The van der Waals surface area contributed by atoms with E-state index in [4.69, 9.17) is 15.2 Å². The van der Waals surface area contributed by atoms with E-state index in [2.05, 4.69) is 0 Å². The lowest BCUT2D eigenvalue weighted by atomic mass is 10.0. The molecule has 4 heteroatoms. The second-order valence-corrected chi connectivity index (χ2v) is 3.48. The van der Waals surface area contributed by atoms with Crippen LogP contribution in [0.25, 0.3) is 0 Å². The lowest BCUT2D eigenvalue weighted by Gasteiger charge is -2.10. The fourth-order valence-corrected chi connectivity index (χ4v) is 1.37. The molecule has 0 saturated heterocycles. The van der Waals surface area contributed by atoms with E-state index in [1.54, 1.807) is 38.5 Å². The molecule has 0 aromatic heterocycles. The molecule has 4 nitrogen and oxygen atoms in total. The molecule has 1 atom stereocenters. The fraction of sp³-hybridized carbons (Fsp3) is 0.417. The number of carbonyl (C=O) groups excluding carboxylic acids is 1. The molecule has 1 aromatic carbocycles. The van der Waals surface area contributed by atoms with Gasteiger partial charge in [0.05, 0.1) is 13.2 Å². The molecular weight excluding hydrogens is 206 g/mol. The number of methoxy groups -OCH3 is 2.